The zero-order valence-corrected chi connectivity index (χ0v) is 11.9. The van der Waals surface area contributed by atoms with E-state index in [0.717, 1.165) is 18.0 Å². The molecule has 2 nitrogen and oxygen atoms in total. The summed E-state index contributed by atoms with van der Waals surface area (Å²) in [7, 11) is 0. The summed E-state index contributed by atoms with van der Waals surface area (Å²) in [6, 6.07) is 4.83. The molecule has 1 N–H and O–H groups in total. The predicted octanol–water partition coefficient (Wildman–Crippen LogP) is 4.07. The average molecular weight is 249 g/mol. The van der Waals surface area contributed by atoms with Crippen molar-refractivity contribution in [2.75, 3.05) is 0 Å². The quantitative estimate of drug-likeness (QED) is 0.836. The van der Waals surface area contributed by atoms with E-state index in [1.54, 1.807) is 0 Å². The molecule has 1 saturated carbocycles. The Kier molecular flexibility index (Phi) is 4.87. The lowest BCUT2D eigenvalue weighted by Gasteiger charge is -2.24. The summed E-state index contributed by atoms with van der Waals surface area (Å²) in [5.74, 6) is 0.864. The van der Waals surface area contributed by atoms with Gasteiger partial charge in [-0.05, 0) is 37.8 Å². The van der Waals surface area contributed by atoms with Gasteiger partial charge in [0.15, 0.2) is 0 Å². The second-order valence-electron chi connectivity index (χ2n) is 5.81. The van der Waals surface area contributed by atoms with Gasteiger partial charge in [0.2, 0.25) is 0 Å². The lowest BCUT2D eigenvalue weighted by atomic mass is 9.86. The minimum Gasteiger partial charge on any atom is -0.390 e. The summed E-state index contributed by atoms with van der Waals surface area (Å²) >= 11 is 0. The Labute approximate surface area is 111 Å². The number of hydrogen-bond acceptors (Lipinski definition) is 1. The predicted molar refractivity (Wildman–Crippen MR) is 75.6 cm³/mol. The van der Waals surface area contributed by atoms with Crippen molar-refractivity contribution in [3.05, 3.63) is 23.5 Å². The van der Waals surface area contributed by atoms with Gasteiger partial charge < -0.3 is 9.67 Å². The Morgan fingerprint density at radius 1 is 1.22 bits per heavy atom. The van der Waals surface area contributed by atoms with Crippen LogP contribution >= 0.6 is 0 Å². The first kappa shape index (κ1) is 13.7. The van der Waals surface area contributed by atoms with Crippen molar-refractivity contribution < 1.29 is 5.11 Å². The molecule has 1 aromatic rings. The van der Waals surface area contributed by atoms with E-state index in [1.807, 2.05) is 0 Å². The molecule has 102 valence electrons. The van der Waals surface area contributed by atoms with E-state index < -0.39 is 0 Å². The van der Waals surface area contributed by atoms with E-state index in [4.69, 9.17) is 0 Å². The van der Waals surface area contributed by atoms with Crippen LogP contribution in [-0.2, 0) is 13.0 Å². The highest BCUT2D eigenvalue weighted by molar-refractivity contribution is 5.18. The van der Waals surface area contributed by atoms with Crippen LogP contribution in [0.1, 0.15) is 69.8 Å². The molecule has 1 fully saturated rings. The first-order chi connectivity index (χ1) is 8.76. The molecule has 0 spiro atoms. The zero-order chi connectivity index (χ0) is 13.0. The van der Waals surface area contributed by atoms with E-state index in [2.05, 4.69) is 30.5 Å². The van der Waals surface area contributed by atoms with Gasteiger partial charge in [-0.25, -0.2) is 0 Å². The maximum atomic E-state index is 9.46. The molecule has 2 rings (SSSR count). The van der Waals surface area contributed by atoms with Crippen molar-refractivity contribution >= 4 is 0 Å². The highest BCUT2D eigenvalue weighted by Gasteiger charge is 2.18. The summed E-state index contributed by atoms with van der Waals surface area (Å²) in [4.78, 5) is 0. The van der Waals surface area contributed by atoms with Crippen LogP contribution in [-0.4, -0.2) is 9.67 Å². The third kappa shape index (κ3) is 2.97. The first-order valence-corrected chi connectivity index (χ1v) is 7.56. The van der Waals surface area contributed by atoms with E-state index in [9.17, 15) is 5.11 Å². The lowest BCUT2D eigenvalue weighted by molar-refractivity contribution is 0.264. The van der Waals surface area contributed by atoms with Crippen molar-refractivity contribution in [2.45, 2.75) is 71.4 Å². The van der Waals surface area contributed by atoms with Gasteiger partial charge >= 0.3 is 0 Å². The Morgan fingerprint density at radius 3 is 2.50 bits per heavy atom. The number of rotatable bonds is 5. The molecule has 0 radical (unpaired) electrons. The molecule has 1 heterocycles. The van der Waals surface area contributed by atoms with Crippen LogP contribution < -0.4 is 0 Å². The SMILES string of the molecule is CCC(C)n1c(CO)ccc1CC1CCCCC1. The number of aliphatic hydroxyl groups is 1. The molecule has 0 saturated heterocycles. The maximum Gasteiger partial charge on any atom is 0.0833 e. The molecule has 0 aliphatic heterocycles. The smallest absolute Gasteiger partial charge is 0.0833 e. The zero-order valence-electron chi connectivity index (χ0n) is 11.9. The first-order valence-electron chi connectivity index (χ1n) is 7.56. The molecular formula is C16H27NO. The summed E-state index contributed by atoms with van der Waals surface area (Å²) in [6.07, 6.45) is 9.33. The Morgan fingerprint density at radius 2 is 1.89 bits per heavy atom. The fourth-order valence-electron chi connectivity index (χ4n) is 3.27. The lowest BCUT2D eigenvalue weighted by Crippen LogP contribution is -2.16. The van der Waals surface area contributed by atoms with Crippen LogP contribution in [0.2, 0.25) is 0 Å². The van der Waals surface area contributed by atoms with E-state index in [1.165, 1.54) is 44.2 Å². The van der Waals surface area contributed by atoms with Crippen LogP contribution in [0.3, 0.4) is 0 Å². The molecule has 0 aromatic carbocycles. The molecule has 0 bridgehead atoms. The minimum absolute atomic E-state index is 0.162. The van der Waals surface area contributed by atoms with Crippen LogP contribution in [0.5, 0.6) is 0 Å². The minimum atomic E-state index is 0.162. The molecule has 18 heavy (non-hydrogen) atoms. The molecule has 1 aliphatic carbocycles. The molecule has 1 atom stereocenters. The number of aromatic nitrogens is 1. The van der Waals surface area contributed by atoms with Gasteiger partial charge in [0.1, 0.15) is 0 Å². The summed E-state index contributed by atoms with van der Waals surface area (Å²) in [5.41, 5.74) is 2.51. The average Bonchev–Trinajstić information content (AvgIpc) is 2.82. The third-order valence-electron chi connectivity index (χ3n) is 4.50. The fourth-order valence-corrected chi connectivity index (χ4v) is 3.27. The van der Waals surface area contributed by atoms with Crippen molar-refractivity contribution in [1.82, 2.24) is 4.57 Å². The number of nitrogens with zero attached hydrogens (tertiary/aromatic N) is 1. The van der Waals surface area contributed by atoms with Crippen molar-refractivity contribution in [3.63, 3.8) is 0 Å². The van der Waals surface area contributed by atoms with Crippen molar-refractivity contribution in [3.8, 4) is 0 Å². The molecule has 0 amide bonds. The summed E-state index contributed by atoms with van der Waals surface area (Å²) < 4.78 is 2.37. The largest absolute Gasteiger partial charge is 0.390 e. The van der Waals surface area contributed by atoms with Crippen molar-refractivity contribution in [2.24, 2.45) is 5.92 Å². The highest BCUT2D eigenvalue weighted by atomic mass is 16.3. The van der Waals surface area contributed by atoms with Crippen LogP contribution in [0.25, 0.3) is 0 Å². The second kappa shape index (κ2) is 6.42. The van der Waals surface area contributed by atoms with Crippen LogP contribution in [0.15, 0.2) is 12.1 Å². The van der Waals surface area contributed by atoms with Gasteiger partial charge in [-0.2, -0.15) is 0 Å². The third-order valence-corrected chi connectivity index (χ3v) is 4.50. The second-order valence-corrected chi connectivity index (χ2v) is 5.81. The normalized spacial score (nSPS) is 19.1. The van der Waals surface area contributed by atoms with Gasteiger partial charge in [0.05, 0.1) is 6.61 Å². The van der Waals surface area contributed by atoms with E-state index in [-0.39, 0.29) is 6.61 Å². The molecule has 1 aliphatic rings. The summed E-state index contributed by atoms with van der Waals surface area (Å²) in [5, 5.41) is 9.46. The highest BCUT2D eigenvalue weighted by Crippen LogP contribution is 2.29. The summed E-state index contributed by atoms with van der Waals surface area (Å²) in [6.45, 7) is 4.63. The number of aliphatic hydroxyl groups excluding tert-OH is 1. The van der Waals surface area contributed by atoms with Crippen molar-refractivity contribution in [1.29, 1.82) is 0 Å². The Bertz CT molecular complexity index is 363. The van der Waals surface area contributed by atoms with Crippen LogP contribution in [0.4, 0.5) is 0 Å². The standard InChI is InChI=1S/C16H27NO/c1-3-13(2)17-15(9-10-16(17)12-18)11-14-7-5-4-6-8-14/h9-10,13-14,18H,3-8,11-12H2,1-2H3. The molecule has 1 aromatic heterocycles. The topological polar surface area (TPSA) is 25.2 Å². The Balaban J connectivity index is 2.13. The fraction of sp³-hybridized carbons (Fsp3) is 0.750. The van der Waals surface area contributed by atoms with Gasteiger partial charge in [0, 0.05) is 17.4 Å². The molecule has 1 unspecified atom stereocenters. The number of hydrogen-bond donors (Lipinski definition) is 1. The van der Waals surface area contributed by atoms with Gasteiger partial charge in [-0.1, -0.05) is 39.0 Å². The van der Waals surface area contributed by atoms with Gasteiger partial charge in [-0.15, -0.1) is 0 Å². The Hall–Kier alpha value is -0.760. The van der Waals surface area contributed by atoms with Crippen LogP contribution in [0, 0.1) is 5.92 Å². The molecular weight excluding hydrogens is 222 g/mol. The van der Waals surface area contributed by atoms with E-state index >= 15 is 0 Å². The van der Waals surface area contributed by atoms with Gasteiger partial charge in [-0.3, -0.25) is 0 Å². The monoisotopic (exact) mass is 249 g/mol. The van der Waals surface area contributed by atoms with E-state index in [0.29, 0.717) is 6.04 Å². The molecule has 2 heteroatoms. The van der Waals surface area contributed by atoms with Gasteiger partial charge in [0.25, 0.3) is 0 Å². The maximum absolute atomic E-state index is 9.46.